The first-order chi connectivity index (χ1) is 10.5. The van der Waals surface area contributed by atoms with Crippen molar-refractivity contribution in [3.05, 3.63) is 21.5 Å². The third kappa shape index (κ3) is 2.80. The minimum absolute atomic E-state index is 0.0909. The number of nitro groups is 1. The van der Waals surface area contributed by atoms with Crippen molar-refractivity contribution >= 4 is 16.9 Å². The predicted octanol–water partition coefficient (Wildman–Crippen LogP) is 2.27. The first kappa shape index (κ1) is 18.0. The Morgan fingerprint density at radius 1 is 1.57 bits per heavy atom. The molecular formula is C12H15F4N3O3S. The number of alkyl halides is 3. The maximum atomic E-state index is 14.3. The zero-order valence-electron chi connectivity index (χ0n) is 12.3. The maximum absolute atomic E-state index is 14.3. The van der Waals surface area contributed by atoms with Gasteiger partial charge in [0.25, 0.3) is 0 Å². The summed E-state index contributed by atoms with van der Waals surface area (Å²) in [5.41, 5.74) is 2.03. The van der Waals surface area contributed by atoms with E-state index < -0.39 is 47.1 Å². The third-order valence-electron chi connectivity index (χ3n) is 3.99. The molecule has 6 nitrogen and oxygen atoms in total. The summed E-state index contributed by atoms with van der Waals surface area (Å²) >= 11 is 0.849. The number of ether oxygens (including phenoxy) is 1. The summed E-state index contributed by atoms with van der Waals surface area (Å²) in [4.78, 5) is 13.9. The average molecular weight is 357 g/mol. The second-order valence-corrected chi connectivity index (χ2v) is 6.63. The lowest BCUT2D eigenvalue weighted by molar-refractivity contribution is -0.554. The summed E-state index contributed by atoms with van der Waals surface area (Å²) in [6, 6.07) is -3.65. The van der Waals surface area contributed by atoms with Crippen LogP contribution in [0, 0.1) is 16.0 Å². The lowest BCUT2D eigenvalue weighted by Crippen LogP contribution is -2.63. The Hall–Kier alpha value is -1.36. The van der Waals surface area contributed by atoms with Gasteiger partial charge in [0.1, 0.15) is 0 Å². The molecule has 2 N–H and O–H groups in total. The summed E-state index contributed by atoms with van der Waals surface area (Å²) in [5, 5.41) is 11.4. The largest absolute Gasteiger partial charge is 0.425 e. The summed E-state index contributed by atoms with van der Waals surface area (Å²) in [5.74, 6) is -3.01. The highest BCUT2D eigenvalue weighted by Crippen LogP contribution is 2.52. The van der Waals surface area contributed by atoms with Crippen molar-refractivity contribution in [2.24, 2.45) is 16.6 Å². The molecule has 2 heterocycles. The molecular weight excluding hydrogens is 342 g/mol. The molecule has 0 aliphatic carbocycles. The number of hydrogen-bond donors (Lipinski definition) is 1. The molecule has 0 aromatic carbocycles. The van der Waals surface area contributed by atoms with E-state index in [2.05, 4.69) is 4.99 Å². The van der Waals surface area contributed by atoms with Crippen molar-refractivity contribution in [2.45, 2.75) is 37.7 Å². The van der Waals surface area contributed by atoms with E-state index in [9.17, 15) is 27.7 Å². The van der Waals surface area contributed by atoms with Gasteiger partial charge in [-0.15, -0.1) is 0 Å². The van der Waals surface area contributed by atoms with Gasteiger partial charge in [-0.3, -0.25) is 15.1 Å². The van der Waals surface area contributed by atoms with Crippen molar-refractivity contribution in [2.75, 3.05) is 12.4 Å². The fraction of sp³-hybridized carbons (Fsp3) is 0.750. The minimum Gasteiger partial charge on any atom is -0.379 e. The molecule has 0 radical (unpaired) electrons. The molecule has 1 saturated heterocycles. The fourth-order valence-electron chi connectivity index (χ4n) is 2.91. The molecule has 2 rings (SSSR count). The zero-order valence-corrected chi connectivity index (χ0v) is 13.1. The van der Waals surface area contributed by atoms with Gasteiger partial charge in [-0.1, -0.05) is 11.8 Å². The first-order valence-corrected chi connectivity index (χ1v) is 7.64. The molecule has 0 amide bonds. The number of hydrogen-bond acceptors (Lipinski definition) is 6. The van der Waals surface area contributed by atoms with E-state index in [1.807, 2.05) is 0 Å². The minimum atomic E-state index is -5.14. The molecule has 0 bridgehead atoms. The van der Waals surface area contributed by atoms with Crippen LogP contribution in [0.1, 0.15) is 13.8 Å². The third-order valence-corrected chi connectivity index (χ3v) is 4.92. The molecule has 2 aliphatic rings. The molecule has 2 aliphatic heterocycles. The van der Waals surface area contributed by atoms with E-state index in [1.54, 1.807) is 0 Å². The highest BCUT2D eigenvalue weighted by atomic mass is 32.2. The Morgan fingerprint density at radius 2 is 2.17 bits per heavy atom. The lowest BCUT2D eigenvalue weighted by atomic mass is 9.78. The Balaban J connectivity index is 2.62. The summed E-state index contributed by atoms with van der Waals surface area (Å²) < 4.78 is 60.6. The van der Waals surface area contributed by atoms with E-state index in [-0.39, 0.29) is 16.5 Å². The van der Waals surface area contributed by atoms with Crippen LogP contribution in [0.3, 0.4) is 0 Å². The maximum Gasteiger partial charge on any atom is 0.425 e. The molecule has 23 heavy (non-hydrogen) atoms. The van der Waals surface area contributed by atoms with Gasteiger partial charge in [0.05, 0.1) is 12.6 Å². The summed E-state index contributed by atoms with van der Waals surface area (Å²) in [6.45, 7) is 1.86. The van der Waals surface area contributed by atoms with Crippen molar-refractivity contribution in [1.29, 1.82) is 0 Å². The number of aliphatic imine (C=N–C) groups is 1. The molecule has 11 heteroatoms. The van der Waals surface area contributed by atoms with Crippen LogP contribution in [0.5, 0.6) is 0 Å². The van der Waals surface area contributed by atoms with Crippen LogP contribution >= 0.6 is 11.8 Å². The van der Waals surface area contributed by atoms with Crippen LogP contribution in [-0.4, -0.2) is 46.3 Å². The van der Waals surface area contributed by atoms with Gasteiger partial charge < -0.3 is 10.5 Å². The fourth-order valence-corrected chi connectivity index (χ4v) is 3.94. The van der Waals surface area contributed by atoms with Gasteiger partial charge in [-0.05, 0) is 19.4 Å². The lowest BCUT2D eigenvalue weighted by Gasteiger charge is -2.38. The van der Waals surface area contributed by atoms with Gasteiger partial charge in [0.2, 0.25) is 5.60 Å². The number of allylic oxidation sites excluding steroid dienone is 1. The topological polar surface area (TPSA) is 90.8 Å². The number of nitrogens with zero attached hydrogens (tertiary/aromatic N) is 2. The van der Waals surface area contributed by atoms with E-state index in [0.29, 0.717) is 0 Å². The standard InChI is InChI=1S/C12H15F4N3O3S/c1-5(2)8(13)9(19(20)21)11(12(14,15)16)6-4-23-10(17)18-7(6)3-22-11/h6-7,9H,3-4H2,1-2H3,(H2,17,18)/t6-,7+,9?,11-/m0/s1. The Kier molecular flexibility index (Phi) is 4.64. The number of halogens is 4. The van der Waals surface area contributed by atoms with Gasteiger partial charge >= 0.3 is 12.2 Å². The van der Waals surface area contributed by atoms with Gasteiger partial charge in [-0.25, -0.2) is 4.39 Å². The SMILES string of the molecule is CC(C)=C(F)C([N+](=O)[O-])[C@@]1(C(F)(F)F)OC[C@H]2N=C(N)SC[C@@H]21. The van der Waals surface area contributed by atoms with Crippen molar-refractivity contribution < 1.29 is 27.2 Å². The molecule has 1 unspecified atom stereocenters. The summed E-state index contributed by atoms with van der Waals surface area (Å²) in [6.07, 6.45) is -5.14. The molecule has 1 fully saturated rings. The van der Waals surface area contributed by atoms with Crippen LogP contribution in [0.25, 0.3) is 0 Å². The predicted molar refractivity (Wildman–Crippen MR) is 76.4 cm³/mol. The van der Waals surface area contributed by atoms with Crippen LogP contribution in [0.2, 0.25) is 0 Å². The Labute approximate surface area is 133 Å². The smallest absolute Gasteiger partial charge is 0.379 e. The number of nitrogens with two attached hydrogens (primary N) is 1. The van der Waals surface area contributed by atoms with Crippen LogP contribution in [0.15, 0.2) is 16.4 Å². The average Bonchev–Trinajstić information content (AvgIpc) is 2.77. The molecule has 0 aromatic heterocycles. The van der Waals surface area contributed by atoms with E-state index in [1.165, 1.54) is 13.8 Å². The van der Waals surface area contributed by atoms with E-state index >= 15 is 0 Å². The molecule has 0 saturated carbocycles. The van der Waals surface area contributed by atoms with E-state index in [4.69, 9.17) is 10.5 Å². The molecule has 4 atom stereocenters. The van der Waals surface area contributed by atoms with Gasteiger partial charge in [0, 0.05) is 16.6 Å². The quantitative estimate of drug-likeness (QED) is 0.475. The highest BCUT2D eigenvalue weighted by molar-refractivity contribution is 8.13. The first-order valence-electron chi connectivity index (χ1n) is 6.65. The normalized spacial score (nSPS) is 32.0. The number of amidine groups is 1. The number of thioether (sulfide) groups is 1. The van der Waals surface area contributed by atoms with Gasteiger partial charge in [0.15, 0.2) is 11.0 Å². The Bertz CT molecular complexity index is 576. The van der Waals surface area contributed by atoms with Crippen LogP contribution in [0.4, 0.5) is 17.6 Å². The van der Waals surface area contributed by atoms with Crippen molar-refractivity contribution in [1.82, 2.24) is 0 Å². The Morgan fingerprint density at radius 3 is 2.65 bits per heavy atom. The van der Waals surface area contributed by atoms with Gasteiger partial charge in [-0.2, -0.15) is 13.2 Å². The monoisotopic (exact) mass is 357 g/mol. The van der Waals surface area contributed by atoms with Crippen LogP contribution in [-0.2, 0) is 4.74 Å². The van der Waals surface area contributed by atoms with E-state index in [0.717, 1.165) is 11.8 Å². The zero-order chi connectivity index (χ0) is 17.6. The number of fused-ring (bicyclic) bond motifs is 1. The molecule has 0 aromatic rings. The van der Waals surface area contributed by atoms with Crippen molar-refractivity contribution in [3.63, 3.8) is 0 Å². The highest BCUT2D eigenvalue weighted by Gasteiger charge is 2.75. The number of rotatable bonds is 3. The van der Waals surface area contributed by atoms with Crippen molar-refractivity contribution in [3.8, 4) is 0 Å². The molecule has 130 valence electrons. The molecule has 0 spiro atoms. The summed E-state index contributed by atoms with van der Waals surface area (Å²) in [7, 11) is 0. The second kappa shape index (κ2) is 5.93. The van der Waals surface area contributed by atoms with Crippen LogP contribution < -0.4 is 5.73 Å². The second-order valence-electron chi connectivity index (χ2n) is 5.59.